The van der Waals surface area contributed by atoms with Crippen LogP contribution >= 0.6 is 11.8 Å². The molecular weight excluding hydrogens is 148 g/mol. The third kappa shape index (κ3) is 5.44. The van der Waals surface area contributed by atoms with E-state index in [1.54, 1.807) is 17.7 Å². The molecule has 0 aliphatic heterocycles. The van der Waals surface area contributed by atoms with Gasteiger partial charge in [0.25, 0.3) is 0 Å². The summed E-state index contributed by atoms with van der Waals surface area (Å²) in [5.74, 6) is -0.793. The number of hydrogen-bond acceptors (Lipinski definition) is 2. The van der Waals surface area contributed by atoms with E-state index < -0.39 is 5.97 Å². The lowest BCUT2D eigenvalue weighted by Crippen LogP contribution is -1.93. The Balaban J connectivity index is 3.70. The molecule has 3 heteroatoms. The molecule has 0 aromatic heterocycles. The Labute approximate surface area is 64.6 Å². The fourth-order valence-corrected chi connectivity index (χ4v) is 0.856. The van der Waals surface area contributed by atoms with Crippen LogP contribution in [0.3, 0.4) is 0 Å². The van der Waals surface area contributed by atoms with Crippen LogP contribution in [0.5, 0.6) is 0 Å². The van der Waals surface area contributed by atoms with Crippen LogP contribution in [-0.2, 0) is 4.79 Å². The molecule has 0 amide bonds. The number of aliphatic carboxylic acids is 1. The summed E-state index contributed by atoms with van der Waals surface area (Å²) in [5.41, 5.74) is 0.845. The Morgan fingerprint density at radius 1 is 1.80 bits per heavy atom. The van der Waals surface area contributed by atoms with Crippen molar-refractivity contribution in [1.82, 2.24) is 0 Å². The van der Waals surface area contributed by atoms with Gasteiger partial charge in [0.05, 0.1) is 6.42 Å². The second-order valence-corrected chi connectivity index (χ2v) is 2.68. The summed E-state index contributed by atoms with van der Waals surface area (Å²) >= 11 is 1.40. The van der Waals surface area contributed by atoms with Gasteiger partial charge in [-0.2, -0.15) is 0 Å². The van der Waals surface area contributed by atoms with Crippen molar-refractivity contribution in [3.05, 3.63) is 23.0 Å². The van der Waals surface area contributed by atoms with Gasteiger partial charge < -0.3 is 5.11 Å². The van der Waals surface area contributed by atoms with Gasteiger partial charge in [0, 0.05) is 0 Å². The average molecular weight is 158 g/mol. The zero-order chi connectivity index (χ0) is 7.98. The van der Waals surface area contributed by atoms with Crippen molar-refractivity contribution in [3.63, 3.8) is 0 Å². The molecule has 0 aromatic rings. The van der Waals surface area contributed by atoms with Gasteiger partial charge in [-0.25, -0.2) is 0 Å². The van der Waals surface area contributed by atoms with Crippen molar-refractivity contribution in [3.8, 4) is 0 Å². The molecule has 0 saturated heterocycles. The molecule has 1 N–H and O–H groups in total. The molecule has 0 bridgehead atoms. The molecule has 10 heavy (non-hydrogen) atoms. The van der Waals surface area contributed by atoms with Gasteiger partial charge >= 0.3 is 5.97 Å². The smallest absolute Gasteiger partial charge is 0.307 e. The van der Waals surface area contributed by atoms with Crippen LogP contribution in [0.2, 0.25) is 0 Å². The number of carboxylic acids is 1. The van der Waals surface area contributed by atoms with E-state index >= 15 is 0 Å². The van der Waals surface area contributed by atoms with E-state index in [4.69, 9.17) is 5.11 Å². The lowest BCUT2D eigenvalue weighted by atomic mass is 10.2. The number of thioether (sulfide) groups is 1. The zero-order valence-corrected chi connectivity index (χ0v) is 6.65. The first-order valence-corrected chi connectivity index (χ1v) is 3.75. The highest BCUT2D eigenvalue weighted by atomic mass is 32.2. The van der Waals surface area contributed by atoms with E-state index in [0.29, 0.717) is 0 Å². The van der Waals surface area contributed by atoms with E-state index in [1.807, 2.05) is 0 Å². The molecule has 0 atom stereocenters. The Morgan fingerprint density at radius 2 is 2.40 bits per heavy atom. The first-order valence-electron chi connectivity index (χ1n) is 2.80. The molecule has 56 valence electrons. The highest BCUT2D eigenvalue weighted by molar-refractivity contribution is 8.04. The standard InChI is InChI=1S/C7H10O2S/c1-3-10-5-6(2)4-7(8)9/h3,5H,1,4H2,2H3,(H,8,9)/b6-5+. The average Bonchev–Trinajstić information content (AvgIpc) is 1.82. The van der Waals surface area contributed by atoms with E-state index in [-0.39, 0.29) is 6.42 Å². The fourth-order valence-electron chi connectivity index (χ4n) is 0.444. The summed E-state index contributed by atoms with van der Waals surface area (Å²) in [4.78, 5) is 10.1. The van der Waals surface area contributed by atoms with Crippen molar-refractivity contribution in [2.75, 3.05) is 0 Å². The molecule has 0 rings (SSSR count). The molecule has 0 unspecified atom stereocenters. The first kappa shape index (κ1) is 9.30. The Bertz CT molecular complexity index is 161. The van der Waals surface area contributed by atoms with Gasteiger partial charge in [-0.1, -0.05) is 12.2 Å². The third-order valence-corrected chi connectivity index (χ3v) is 1.53. The van der Waals surface area contributed by atoms with Crippen LogP contribution in [0, 0.1) is 0 Å². The van der Waals surface area contributed by atoms with Crippen LogP contribution in [0.1, 0.15) is 13.3 Å². The maximum Gasteiger partial charge on any atom is 0.307 e. The minimum Gasteiger partial charge on any atom is -0.481 e. The lowest BCUT2D eigenvalue weighted by molar-refractivity contribution is -0.136. The van der Waals surface area contributed by atoms with E-state index in [0.717, 1.165) is 5.57 Å². The molecule has 0 aliphatic rings. The largest absolute Gasteiger partial charge is 0.481 e. The van der Waals surface area contributed by atoms with E-state index in [1.165, 1.54) is 11.8 Å². The number of rotatable bonds is 4. The second kappa shape index (κ2) is 5.11. The summed E-state index contributed by atoms with van der Waals surface area (Å²) in [6.45, 7) is 5.27. The summed E-state index contributed by atoms with van der Waals surface area (Å²) in [6.07, 6.45) is 0.112. The van der Waals surface area contributed by atoms with Crippen molar-refractivity contribution in [2.45, 2.75) is 13.3 Å². The minimum absolute atomic E-state index is 0.112. The van der Waals surface area contributed by atoms with Gasteiger partial charge in [-0.3, -0.25) is 4.79 Å². The van der Waals surface area contributed by atoms with Crippen molar-refractivity contribution >= 4 is 17.7 Å². The Hall–Kier alpha value is -0.700. The normalized spacial score (nSPS) is 11.1. The van der Waals surface area contributed by atoms with Crippen LogP contribution in [-0.4, -0.2) is 11.1 Å². The molecule has 0 radical (unpaired) electrons. The summed E-state index contributed by atoms with van der Waals surface area (Å²) < 4.78 is 0. The van der Waals surface area contributed by atoms with Crippen molar-refractivity contribution in [2.24, 2.45) is 0 Å². The number of hydrogen-bond donors (Lipinski definition) is 1. The Kier molecular flexibility index (Phi) is 4.76. The number of carboxylic acid groups (broad SMARTS) is 1. The molecule has 0 spiro atoms. The summed E-state index contributed by atoms with van der Waals surface area (Å²) in [5, 5.41) is 11.7. The quantitative estimate of drug-likeness (QED) is 0.681. The van der Waals surface area contributed by atoms with Crippen molar-refractivity contribution in [1.29, 1.82) is 0 Å². The van der Waals surface area contributed by atoms with Gasteiger partial charge in [0.1, 0.15) is 0 Å². The van der Waals surface area contributed by atoms with Gasteiger partial charge in [0.15, 0.2) is 0 Å². The van der Waals surface area contributed by atoms with Gasteiger partial charge in [-0.05, 0) is 17.7 Å². The van der Waals surface area contributed by atoms with Gasteiger partial charge in [0.2, 0.25) is 0 Å². The second-order valence-electron chi connectivity index (χ2n) is 1.84. The predicted molar refractivity (Wildman–Crippen MR) is 43.8 cm³/mol. The minimum atomic E-state index is -0.793. The van der Waals surface area contributed by atoms with Crippen LogP contribution < -0.4 is 0 Å². The first-order chi connectivity index (χ1) is 4.66. The lowest BCUT2D eigenvalue weighted by Gasteiger charge is -1.92. The van der Waals surface area contributed by atoms with E-state index in [2.05, 4.69) is 6.58 Å². The molecular formula is C7H10O2S. The van der Waals surface area contributed by atoms with Crippen LogP contribution in [0.25, 0.3) is 0 Å². The summed E-state index contributed by atoms with van der Waals surface area (Å²) in [7, 11) is 0. The van der Waals surface area contributed by atoms with Gasteiger partial charge in [-0.15, -0.1) is 11.8 Å². The zero-order valence-electron chi connectivity index (χ0n) is 5.83. The summed E-state index contributed by atoms with van der Waals surface area (Å²) in [6, 6.07) is 0. The molecule has 0 aliphatic carbocycles. The Morgan fingerprint density at radius 3 is 2.80 bits per heavy atom. The highest BCUT2D eigenvalue weighted by Crippen LogP contribution is 2.09. The van der Waals surface area contributed by atoms with E-state index in [9.17, 15) is 4.79 Å². The molecule has 0 fully saturated rings. The molecule has 2 nitrogen and oxygen atoms in total. The maximum atomic E-state index is 10.1. The third-order valence-electron chi connectivity index (χ3n) is 0.796. The monoisotopic (exact) mass is 158 g/mol. The fraction of sp³-hybridized carbons (Fsp3) is 0.286. The highest BCUT2D eigenvalue weighted by Gasteiger charge is 1.96. The van der Waals surface area contributed by atoms with Crippen molar-refractivity contribution < 1.29 is 9.90 Å². The maximum absolute atomic E-state index is 10.1. The number of carbonyl (C=O) groups is 1. The SMILES string of the molecule is C=CS/C=C(\C)CC(=O)O. The molecule has 0 aromatic carbocycles. The van der Waals surface area contributed by atoms with Crippen LogP contribution in [0.15, 0.2) is 23.0 Å². The predicted octanol–water partition coefficient (Wildman–Crippen LogP) is 2.24. The molecule has 0 saturated carbocycles. The van der Waals surface area contributed by atoms with Crippen LogP contribution in [0.4, 0.5) is 0 Å². The molecule has 0 heterocycles. The topological polar surface area (TPSA) is 37.3 Å².